The third-order valence-corrected chi connectivity index (χ3v) is 13.1. The van der Waals surface area contributed by atoms with Crippen LogP contribution in [0.1, 0.15) is 22.3 Å². The van der Waals surface area contributed by atoms with Gasteiger partial charge in [-0.1, -0.05) is 182 Å². The highest BCUT2D eigenvalue weighted by Gasteiger charge is 2.52. The van der Waals surface area contributed by atoms with E-state index in [1.165, 1.54) is 55.2 Å². The third kappa shape index (κ3) is 4.92. The Bertz CT molecular complexity index is 3470. The number of rotatable bonds is 5. The molecule has 2 heterocycles. The van der Waals surface area contributed by atoms with Crippen LogP contribution in [0.2, 0.25) is 0 Å². The lowest BCUT2D eigenvalue weighted by atomic mass is 9.70. The molecule has 0 atom stereocenters. The van der Waals surface area contributed by atoms with Crippen LogP contribution in [0.15, 0.2) is 218 Å². The molecule has 0 unspecified atom stereocenters. The van der Waals surface area contributed by atoms with Crippen molar-refractivity contribution < 1.29 is 0 Å². The summed E-state index contributed by atoms with van der Waals surface area (Å²) in [6.07, 6.45) is 0. The summed E-state index contributed by atoms with van der Waals surface area (Å²) < 4.78 is 2.40. The van der Waals surface area contributed by atoms with Crippen molar-refractivity contribution in [1.29, 1.82) is 0 Å². The zero-order valence-corrected chi connectivity index (χ0v) is 33.6. The summed E-state index contributed by atoms with van der Waals surface area (Å²) in [6.45, 7) is 0. The second-order valence-electron chi connectivity index (χ2n) is 16.3. The predicted octanol–water partition coefficient (Wildman–Crippen LogP) is 14.0. The summed E-state index contributed by atoms with van der Waals surface area (Å²) >= 11 is 0. The summed E-state index contributed by atoms with van der Waals surface area (Å²) in [6, 6.07) is 78.6. The summed E-state index contributed by atoms with van der Waals surface area (Å²) in [4.78, 5) is 15.9. The first kappa shape index (κ1) is 34.6. The molecule has 0 N–H and O–H groups in total. The first-order chi connectivity index (χ1) is 30.8. The summed E-state index contributed by atoms with van der Waals surface area (Å²) in [5.41, 5.74) is 17.9. The largest absolute Gasteiger partial charge is 0.309 e. The molecule has 0 fully saturated rings. The van der Waals surface area contributed by atoms with E-state index in [2.05, 4.69) is 187 Å². The molecule has 4 heteroatoms. The van der Waals surface area contributed by atoms with Crippen molar-refractivity contribution in [3.63, 3.8) is 0 Å². The van der Waals surface area contributed by atoms with E-state index in [-0.39, 0.29) is 0 Å². The van der Waals surface area contributed by atoms with Crippen LogP contribution in [0, 0.1) is 0 Å². The maximum Gasteiger partial charge on any atom is 0.164 e. The predicted molar refractivity (Wildman–Crippen MR) is 252 cm³/mol. The topological polar surface area (TPSA) is 43.6 Å². The molecular formula is C58H36N4. The highest BCUT2D eigenvalue weighted by Crippen LogP contribution is 2.64. The smallest absolute Gasteiger partial charge is 0.164 e. The molecule has 0 amide bonds. The van der Waals surface area contributed by atoms with Gasteiger partial charge in [0, 0.05) is 33.2 Å². The van der Waals surface area contributed by atoms with Crippen LogP contribution in [0.3, 0.4) is 0 Å². The lowest BCUT2D eigenvalue weighted by Gasteiger charge is -2.31. The Morgan fingerprint density at radius 1 is 0.306 bits per heavy atom. The number of aromatic nitrogens is 4. The number of para-hydroxylation sites is 2. The SMILES string of the molecule is c1ccc(-c2nc(-c3ccccc3)nc(-c3cc(-c4ccc5c6ccccc6n(-c6ccccc6)c5c4)cc4c3-c3ccccc3C43c4ccccc4-c4ccccc43)n2)cc1. The van der Waals surface area contributed by atoms with Crippen molar-refractivity contribution in [1.82, 2.24) is 19.5 Å². The van der Waals surface area contributed by atoms with Crippen LogP contribution in [0.25, 0.3) is 95.0 Å². The molecule has 0 aliphatic heterocycles. The van der Waals surface area contributed by atoms with Crippen LogP contribution >= 0.6 is 0 Å². The number of fused-ring (bicyclic) bond motifs is 13. The zero-order chi connectivity index (χ0) is 40.8. The molecule has 1 spiro atoms. The Morgan fingerprint density at radius 3 is 1.45 bits per heavy atom. The molecular weight excluding hydrogens is 753 g/mol. The van der Waals surface area contributed by atoms with Crippen LogP contribution in [-0.2, 0) is 5.41 Å². The van der Waals surface area contributed by atoms with E-state index in [1.807, 2.05) is 36.4 Å². The Morgan fingerprint density at radius 2 is 0.806 bits per heavy atom. The minimum absolute atomic E-state index is 0.565. The molecule has 9 aromatic carbocycles. The first-order valence-electron chi connectivity index (χ1n) is 21.2. The average molecular weight is 789 g/mol. The van der Waals surface area contributed by atoms with Crippen molar-refractivity contribution in [2.45, 2.75) is 5.41 Å². The van der Waals surface area contributed by atoms with Gasteiger partial charge in [0.05, 0.1) is 16.4 Å². The number of hydrogen-bond donors (Lipinski definition) is 0. The van der Waals surface area contributed by atoms with Crippen molar-refractivity contribution in [2.75, 3.05) is 0 Å². The highest BCUT2D eigenvalue weighted by molar-refractivity contribution is 6.10. The fourth-order valence-electron chi connectivity index (χ4n) is 10.5. The van der Waals surface area contributed by atoms with Crippen molar-refractivity contribution in [3.8, 4) is 73.2 Å². The molecule has 0 saturated carbocycles. The van der Waals surface area contributed by atoms with E-state index in [0.717, 1.165) is 44.6 Å². The second kappa shape index (κ2) is 13.4. The van der Waals surface area contributed by atoms with Gasteiger partial charge < -0.3 is 4.57 Å². The highest BCUT2D eigenvalue weighted by atomic mass is 15.0. The van der Waals surface area contributed by atoms with Gasteiger partial charge in [0.25, 0.3) is 0 Å². The number of nitrogens with zero attached hydrogens (tertiary/aromatic N) is 4. The molecule has 2 aromatic heterocycles. The van der Waals surface area contributed by atoms with Crippen molar-refractivity contribution in [3.05, 3.63) is 241 Å². The molecule has 0 radical (unpaired) electrons. The van der Waals surface area contributed by atoms with Gasteiger partial charge in [-0.05, 0) is 92.0 Å². The van der Waals surface area contributed by atoms with Gasteiger partial charge in [0.1, 0.15) is 0 Å². The molecule has 2 aliphatic carbocycles. The quantitative estimate of drug-likeness (QED) is 0.174. The average Bonchev–Trinajstić information content (AvgIpc) is 3.96. The van der Waals surface area contributed by atoms with Crippen molar-refractivity contribution in [2.24, 2.45) is 0 Å². The van der Waals surface area contributed by atoms with E-state index in [4.69, 9.17) is 15.0 Å². The molecule has 0 saturated heterocycles. The fraction of sp³-hybridized carbons (Fsp3) is 0.0172. The van der Waals surface area contributed by atoms with E-state index in [1.54, 1.807) is 0 Å². The van der Waals surface area contributed by atoms with Gasteiger partial charge in [0.2, 0.25) is 0 Å². The van der Waals surface area contributed by atoms with E-state index >= 15 is 0 Å². The summed E-state index contributed by atoms with van der Waals surface area (Å²) in [7, 11) is 0. The Hall–Kier alpha value is -8.21. The molecule has 0 bridgehead atoms. The maximum absolute atomic E-state index is 5.39. The minimum Gasteiger partial charge on any atom is -0.309 e. The molecule has 13 rings (SSSR count). The van der Waals surface area contributed by atoms with Gasteiger partial charge in [0.15, 0.2) is 17.5 Å². The standard InChI is InChI=1S/C58H36N4/c1-4-18-37(19-5-1)55-59-56(38-20-6-2-7-21-38)61-57(60-55)47-34-40(39-32-33-45-44-26-13-17-31-52(44)62(53(45)36-39)41-22-8-3-9-23-41)35-51-54(47)46-27-12-16-30-50(46)58(51)48-28-14-10-24-42(48)43-25-11-15-29-49(43)58/h1-36H. The van der Waals surface area contributed by atoms with Gasteiger partial charge in [-0.15, -0.1) is 0 Å². The Labute approximate surface area is 359 Å². The Kier molecular flexibility index (Phi) is 7.49. The van der Waals surface area contributed by atoms with Gasteiger partial charge in [-0.3, -0.25) is 0 Å². The summed E-state index contributed by atoms with van der Waals surface area (Å²) in [5.74, 6) is 1.92. The van der Waals surface area contributed by atoms with Crippen LogP contribution in [0.4, 0.5) is 0 Å². The first-order valence-corrected chi connectivity index (χ1v) is 21.2. The van der Waals surface area contributed by atoms with Gasteiger partial charge in [-0.25, -0.2) is 15.0 Å². The van der Waals surface area contributed by atoms with Crippen molar-refractivity contribution >= 4 is 21.8 Å². The van der Waals surface area contributed by atoms with Crippen LogP contribution in [0.5, 0.6) is 0 Å². The lowest BCUT2D eigenvalue weighted by Crippen LogP contribution is -2.26. The minimum atomic E-state index is -0.565. The monoisotopic (exact) mass is 788 g/mol. The second-order valence-corrected chi connectivity index (χ2v) is 16.3. The van der Waals surface area contributed by atoms with E-state index in [0.29, 0.717) is 17.5 Å². The number of benzene rings is 9. The third-order valence-electron chi connectivity index (χ3n) is 13.1. The summed E-state index contributed by atoms with van der Waals surface area (Å²) in [5, 5.41) is 2.45. The van der Waals surface area contributed by atoms with E-state index in [9.17, 15) is 0 Å². The lowest BCUT2D eigenvalue weighted by molar-refractivity contribution is 0.794. The van der Waals surface area contributed by atoms with Gasteiger partial charge in [-0.2, -0.15) is 0 Å². The molecule has 4 nitrogen and oxygen atoms in total. The fourth-order valence-corrected chi connectivity index (χ4v) is 10.5. The normalized spacial score (nSPS) is 13.0. The van der Waals surface area contributed by atoms with Gasteiger partial charge >= 0.3 is 0 Å². The molecule has 288 valence electrons. The molecule has 2 aliphatic rings. The zero-order valence-electron chi connectivity index (χ0n) is 33.6. The van der Waals surface area contributed by atoms with Crippen LogP contribution < -0.4 is 0 Å². The molecule has 62 heavy (non-hydrogen) atoms. The maximum atomic E-state index is 5.39. The Balaban J connectivity index is 1.16. The van der Waals surface area contributed by atoms with E-state index < -0.39 is 5.41 Å². The van der Waals surface area contributed by atoms with Crippen LogP contribution in [-0.4, -0.2) is 19.5 Å². The molecule has 11 aromatic rings. The number of hydrogen-bond acceptors (Lipinski definition) is 3.